The summed E-state index contributed by atoms with van der Waals surface area (Å²) in [7, 11) is 1.36. The highest BCUT2D eigenvalue weighted by atomic mass is 35.5. The SMILES string of the molecule is COc1ccc(/C=C(\C#N)C(=O)Nc2cc(Cl)ccc2C)cc1F. The van der Waals surface area contributed by atoms with Crippen LogP contribution in [0.5, 0.6) is 5.75 Å². The minimum atomic E-state index is -0.598. The lowest BCUT2D eigenvalue weighted by Crippen LogP contribution is -2.14. The molecule has 6 heteroatoms. The van der Waals surface area contributed by atoms with E-state index in [1.807, 2.05) is 6.07 Å². The van der Waals surface area contributed by atoms with Crippen molar-refractivity contribution in [2.45, 2.75) is 6.92 Å². The Morgan fingerprint density at radius 2 is 2.08 bits per heavy atom. The number of nitrogens with one attached hydrogen (secondary N) is 1. The lowest BCUT2D eigenvalue weighted by atomic mass is 10.1. The summed E-state index contributed by atoms with van der Waals surface area (Å²) >= 11 is 5.91. The van der Waals surface area contributed by atoms with Gasteiger partial charge in [-0.15, -0.1) is 0 Å². The molecule has 0 saturated carbocycles. The van der Waals surface area contributed by atoms with Gasteiger partial charge in [-0.1, -0.05) is 23.7 Å². The molecule has 1 amide bonds. The van der Waals surface area contributed by atoms with Crippen LogP contribution >= 0.6 is 11.6 Å². The van der Waals surface area contributed by atoms with Gasteiger partial charge in [0.05, 0.1) is 7.11 Å². The number of ether oxygens (including phenoxy) is 1. The molecule has 0 atom stereocenters. The van der Waals surface area contributed by atoms with Gasteiger partial charge in [-0.3, -0.25) is 4.79 Å². The quantitative estimate of drug-likeness (QED) is 0.662. The maximum Gasteiger partial charge on any atom is 0.266 e. The molecule has 2 rings (SSSR count). The van der Waals surface area contributed by atoms with E-state index in [9.17, 15) is 14.4 Å². The van der Waals surface area contributed by atoms with Crippen LogP contribution in [0.4, 0.5) is 10.1 Å². The third kappa shape index (κ3) is 4.12. The summed E-state index contributed by atoms with van der Waals surface area (Å²) in [5.74, 6) is -1.08. The predicted molar refractivity (Wildman–Crippen MR) is 91.4 cm³/mol. The summed E-state index contributed by atoms with van der Waals surface area (Å²) in [4.78, 5) is 12.3. The Morgan fingerprint density at radius 1 is 1.33 bits per heavy atom. The van der Waals surface area contributed by atoms with Crippen LogP contribution in [0, 0.1) is 24.1 Å². The highest BCUT2D eigenvalue weighted by Crippen LogP contribution is 2.22. The molecule has 0 radical (unpaired) electrons. The molecule has 4 nitrogen and oxygen atoms in total. The summed E-state index contributed by atoms with van der Waals surface area (Å²) < 4.78 is 18.5. The smallest absolute Gasteiger partial charge is 0.266 e. The van der Waals surface area contributed by atoms with Gasteiger partial charge in [-0.2, -0.15) is 5.26 Å². The molecule has 0 spiro atoms. The van der Waals surface area contributed by atoms with Gasteiger partial charge in [-0.05, 0) is 48.4 Å². The average Bonchev–Trinajstić information content (AvgIpc) is 2.56. The van der Waals surface area contributed by atoms with E-state index >= 15 is 0 Å². The van der Waals surface area contributed by atoms with Crippen molar-refractivity contribution in [3.63, 3.8) is 0 Å². The molecule has 0 aliphatic carbocycles. The number of carbonyl (C=O) groups is 1. The fourth-order valence-corrected chi connectivity index (χ4v) is 2.18. The summed E-state index contributed by atoms with van der Waals surface area (Å²) in [5.41, 5.74) is 1.54. The molecule has 24 heavy (non-hydrogen) atoms. The maximum atomic E-state index is 13.7. The van der Waals surface area contributed by atoms with Crippen molar-refractivity contribution in [2.75, 3.05) is 12.4 Å². The van der Waals surface area contributed by atoms with Gasteiger partial charge in [0.1, 0.15) is 11.6 Å². The zero-order chi connectivity index (χ0) is 17.7. The van der Waals surface area contributed by atoms with Gasteiger partial charge >= 0.3 is 0 Å². The van der Waals surface area contributed by atoms with Crippen LogP contribution in [0.2, 0.25) is 5.02 Å². The van der Waals surface area contributed by atoms with Crippen LogP contribution in [-0.4, -0.2) is 13.0 Å². The molecule has 1 N–H and O–H groups in total. The van der Waals surface area contributed by atoms with E-state index in [0.717, 1.165) is 5.56 Å². The van der Waals surface area contributed by atoms with Gasteiger partial charge in [-0.25, -0.2) is 4.39 Å². The molecule has 0 unspecified atom stereocenters. The summed E-state index contributed by atoms with van der Waals surface area (Å²) in [5, 5.41) is 12.3. The van der Waals surface area contributed by atoms with Crippen molar-refractivity contribution < 1.29 is 13.9 Å². The van der Waals surface area contributed by atoms with E-state index in [1.54, 1.807) is 31.2 Å². The van der Waals surface area contributed by atoms with Gasteiger partial charge in [0, 0.05) is 10.7 Å². The zero-order valence-electron chi connectivity index (χ0n) is 13.1. The van der Waals surface area contributed by atoms with Crippen molar-refractivity contribution in [2.24, 2.45) is 0 Å². The predicted octanol–water partition coefficient (Wildman–Crippen LogP) is 4.34. The molecular formula is C18H14ClFN2O2. The van der Waals surface area contributed by atoms with Crippen molar-refractivity contribution >= 4 is 29.3 Å². The number of anilines is 1. The largest absolute Gasteiger partial charge is 0.494 e. The second-order valence-corrected chi connectivity index (χ2v) is 5.41. The van der Waals surface area contributed by atoms with Gasteiger partial charge in [0.2, 0.25) is 0 Å². The van der Waals surface area contributed by atoms with Gasteiger partial charge in [0.15, 0.2) is 11.6 Å². The van der Waals surface area contributed by atoms with Crippen LogP contribution in [0.3, 0.4) is 0 Å². The molecule has 0 aliphatic heterocycles. The minimum absolute atomic E-state index is 0.0876. The number of methoxy groups -OCH3 is 1. The summed E-state index contributed by atoms with van der Waals surface area (Å²) in [6.07, 6.45) is 1.30. The van der Waals surface area contributed by atoms with Crippen LogP contribution in [0.1, 0.15) is 11.1 Å². The van der Waals surface area contributed by atoms with E-state index in [1.165, 1.54) is 25.3 Å². The minimum Gasteiger partial charge on any atom is -0.494 e. The highest BCUT2D eigenvalue weighted by molar-refractivity contribution is 6.31. The number of nitriles is 1. The molecule has 0 aromatic heterocycles. The standard InChI is InChI=1S/C18H14ClFN2O2/c1-11-3-5-14(19)9-16(11)22-18(23)13(10-21)7-12-4-6-17(24-2)15(20)8-12/h3-9H,1-2H3,(H,22,23)/b13-7+. The van der Waals surface area contributed by atoms with Crippen LogP contribution < -0.4 is 10.1 Å². The number of hydrogen-bond acceptors (Lipinski definition) is 3. The third-order valence-corrected chi connectivity index (χ3v) is 3.53. The second-order valence-electron chi connectivity index (χ2n) is 4.98. The Morgan fingerprint density at radius 3 is 2.71 bits per heavy atom. The van der Waals surface area contributed by atoms with E-state index in [-0.39, 0.29) is 11.3 Å². The molecule has 122 valence electrons. The topological polar surface area (TPSA) is 62.1 Å². The van der Waals surface area contributed by atoms with Crippen LogP contribution in [0.25, 0.3) is 6.08 Å². The number of rotatable bonds is 4. The number of benzene rings is 2. The monoisotopic (exact) mass is 344 g/mol. The molecule has 0 fully saturated rings. The van der Waals surface area contributed by atoms with E-state index in [2.05, 4.69) is 5.32 Å². The first-order chi connectivity index (χ1) is 11.4. The Bertz CT molecular complexity index is 857. The molecule has 0 bridgehead atoms. The van der Waals surface area contributed by atoms with Crippen molar-refractivity contribution in [3.8, 4) is 11.8 Å². The lowest BCUT2D eigenvalue weighted by Gasteiger charge is -2.08. The number of amides is 1. The normalized spacial score (nSPS) is 10.9. The Kier molecular flexibility index (Phi) is 5.56. The third-order valence-electron chi connectivity index (χ3n) is 3.30. The highest BCUT2D eigenvalue weighted by Gasteiger charge is 2.12. The van der Waals surface area contributed by atoms with Crippen molar-refractivity contribution in [3.05, 3.63) is 63.9 Å². The molecular weight excluding hydrogens is 331 g/mol. The lowest BCUT2D eigenvalue weighted by molar-refractivity contribution is -0.112. The number of nitrogens with zero attached hydrogens (tertiary/aromatic N) is 1. The fraction of sp³-hybridized carbons (Fsp3) is 0.111. The van der Waals surface area contributed by atoms with E-state index in [0.29, 0.717) is 16.3 Å². The zero-order valence-corrected chi connectivity index (χ0v) is 13.8. The molecule has 0 saturated heterocycles. The Hall–Kier alpha value is -2.84. The van der Waals surface area contributed by atoms with Crippen molar-refractivity contribution in [1.29, 1.82) is 5.26 Å². The molecule has 0 heterocycles. The van der Waals surface area contributed by atoms with Crippen molar-refractivity contribution in [1.82, 2.24) is 0 Å². The van der Waals surface area contributed by atoms with Crippen LogP contribution in [-0.2, 0) is 4.79 Å². The van der Waals surface area contributed by atoms with Gasteiger partial charge in [0.25, 0.3) is 5.91 Å². The second kappa shape index (κ2) is 7.62. The average molecular weight is 345 g/mol. The number of halogens is 2. The summed E-state index contributed by atoms with van der Waals surface area (Å²) in [6, 6.07) is 11.0. The molecule has 2 aromatic carbocycles. The summed E-state index contributed by atoms with van der Waals surface area (Å²) in [6.45, 7) is 1.81. The number of carbonyl (C=O) groups excluding carboxylic acids is 1. The van der Waals surface area contributed by atoms with Gasteiger partial charge < -0.3 is 10.1 Å². The first kappa shape index (κ1) is 17.5. The number of aryl methyl sites for hydroxylation is 1. The first-order valence-corrected chi connectivity index (χ1v) is 7.35. The Labute approximate surface area is 144 Å². The molecule has 2 aromatic rings. The van der Waals surface area contributed by atoms with Crippen LogP contribution in [0.15, 0.2) is 42.0 Å². The fourth-order valence-electron chi connectivity index (χ4n) is 2.01. The molecule has 0 aliphatic rings. The maximum absolute atomic E-state index is 13.7. The van der Waals surface area contributed by atoms with E-state index < -0.39 is 11.7 Å². The Balaban J connectivity index is 2.27. The first-order valence-electron chi connectivity index (χ1n) is 6.97. The van der Waals surface area contributed by atoms with E-state index in [4.69, 9.17) is 16.3 Å². The number of hydrogen-bond donors (Lipinski definition) is 1.